The van der Waals surface area contributed by atoms with Crippen LogP contribution in [-0.2, 0) is 26.9 Å². The molecule has 2 rings (SSSR count). The highest BCUT2D eigenvalue weighted by Crippen LogP contribution is 2.34. The third-order valence-corrected chi connectivity index (χ3v) is 3.95. The highest BCUT2D eigenvalue weighted by atomic mass is 79.9. The molecule has 2 aromatic carbocycles. The Balaban J connectivity index is 1.97. The number of nitro benzene ring substituents is 1. The Kier molecular flexibility index (Phi) is 6.73. The molecule has 0 spiro atoms. The van der Waals surface area contributed by atoms with Crippen LogP contribution < -0.4 is 5.32 Å². The minimum Gasteiger partial charge on any atom is -0.455 e. The van der Waals surface area contributed by atoms with Crippen molar-refractivity contribution >= 4 is 39.2 Å². The Bertz CT molecular complexity index is 901. The number of nitrogens with one attached hydrogen (secondary N) is 1. The molecule has 0 aromatic heterocycles. The number of esters is 1. The monoisotopic (exact) mass is 460 g/mol. The van der Waals surface area contributed by atoms with Crippen LogP contribution in [0.2, 0.25) is 0 Å². The van der Waals surface area contributed by atoms with Gasteiger partial charge in [-0.05, 0) is 29.8 Å². The van der Waals surface area contributed by atoms with Crippen LogP contribution in [0.15, 0.2) is 46.9 Å². The molecule has 148 valence electrons. The second-order valence-corrected chi connectivity index (χ2v) is 6.41. The molecule has 0 saturated carbocycles. The van der Waals surface area contributed by atoms with E-state index in [4.69, 9.17) is 4.74 Å². The van der Waals surface area contributed by atoms with Crippen molar-refractivity contribution in [1.82, 2.24) is 0 Å². The van der Waals surface area contributed by atoms with Crippen LogP contribution in [-0.4, -0.2) is 23.4 Å². The van der Waals surface area contributed by atoms with Crippen molar-refractivity contribution < 1.29 is 32.4 Å². The number of benzene rings is 2. The molecule has 0 atom stereocenters. The van der Waals surface area contributed by atoms with E-state index >= 15 is 0 Å². The first-order valence-electron chi connectivity index (χ1n) is 7.62. The number of halogens is 4. The van der Waals surface area contributed by atoms with Gasteiger partial charge in [0.1, 0.15) is 5.69 Å². The number of nitrogens with zero attached hydrogens (tertiary/aromatic N) is 1. The highest BCUT2D eigenvalue weighted by Gasteiger charge is 2.33. The van der Waals surface area contributed by atoms with Gasteiger partial charge >= 0.3 is 12.1 Å². The molecule has 0 aliphatic rings. The van der Waals surface area contributed by atoms with E-state index in [9.17, 15) is 32.9 Å². The summed E-state index contributed by atoms with van der Waals surface area (Å²) in [5, 5.41) is 13.0. The average Bonchev–Trinajstić information content (AvgIpc) is 2.61. The molecule has 0 fully saturated rings. The molecule has 0 bridgehead atoms. The number of carbonyl (C=O) groups is 2. The minimum atomic E-state index is -4.77. The number of ether oxygens (including phenoxy) is 1. The number of amides is 1. The molecule has 28 heavy (non-hydrogen) atoms. The van der Waals surface area contributed by atoms with Crippen molar-refractivity contribution in [3.63, 3.8) is 0 Å². The largest absolute Gasteiger partial charge is 0.455 e. The van der Waals surface area contributed by atoms with E-state index in [1.807, 2.05) is 0 Å². The van der Waals surface area contributed by atoms with Gasteiger partial charge in [-0.25, -0.2) is 0 Å². The summed E-state index contributed by atoms with van der Waals surface area (Å²) in [6.45, 7) is -0.743. The highest BCUT2D eigenvalue weighted by molar-refractivity contribution is 9.10. The van der Waals surface area contributed by atoms with E-state index in [0.717, 1.165) is 10.5 Å². The van der Waals surface area contributed by atoms with Gasteiger partial charge in [0.15, 0.2) is 6.61 Å². The van der Waals surface area contributed by atoms with Gasteiger partial charge in [0.05, 0.1) is 16.9 Å². The van der Waals surface area contributed by atoms with Crippen LogP contribution in [0, 0.1) is 10.1 Å². The van der Waals surface area contributed by atoms with Gasteiger partial charge in [-0.15, -0.1) is 0 Å². The average molecular weight is 461 g/mol. The summed E-state index contributed by atoms with van der Waals surface area (Å²) in [5.41, 5.74) is -1.94. The van der Waals surface area contributed by atoms with Gasteiger partial charge in [-0.2, -0.15) is 13.2 Å². The molecule has 0 radical (unpaired) electrons. The summed E-state index contributed by atoms with van der Waals surface area (Å²) in [4.78, 5) is 33.5. The van der Waals surface area contributed by atoms with Crippen molar-refractivity contribution in [2.45, 2.75) is 12.6 Å². The number of anilines is 1. The number of alkyl halides is 3. The number of hydrogen-bond donors (Lipinski definition) is 1. The smallest absolute Gasteiger partial charge is 0.416 e. The maximum absolute atomic E-state index is 12.7. The van der Waals surface area contributed by atoms with Crippen molar-refractivity contribution in [2.75, 3.05) is 11.9 Å². The van der Waals surface area contributed by atoms with E-state index in [2.05, 4.69) is 21.2 Å². The normalized spacial score (nSPS) is 11.0. The Labute approximate surface area is 164 Å². The zero-order valence-corrected chi connectivity index (χ0v) is 15.5. The summed E-state index contributed by atoms with van der Waals surface area (Å²) in [6, 6.07) is 8.48. The van der Waals surface area contributed by atoms with Gasteiger partial charge in [-0.1, -0.05) is 28.1 Å². The lowest BCUT2D eigenvalue weighted by molar-refractivity contribution is -0.384. The summed E-state index contributed by atoms with van der Waals surface area (Å²) < 4.78 is 43.6. The zero-order chi connectivity index (χ0) is 20.9. The van der Waals surface area contributed by atoms with Crippen LogP contribution in [0.4, 0.5) is 24.5 Å². The van der Waals surface area contributed by atoms with Gasteiger partial charge in [0, 0.05) is 10.5 Å². The predicted molar refractivity (Wildman–Crippen MR) is 95.5 cm³/mol. The second kappa shape index (κ2) is 8.83. The fourth-order valence-corrected chi connectivity index (χ4v) is 2.38. The Morgan fingerprint density at radius 2 is 1.79 bits per heavy atom. The van der Waals surface area contributed by atoms with Crippen molar-refractivity contribution in [1.29, 1.82) is 0 Å². The fraction of sp³-hybridized carbons (Fsp3) is 0.176. The minimum absolute atomic E-state index is 0.0962. The van der Waals surface area contributed by atoms with Crippen molar-refractivity contribution in [2.24, 2.45) is 0 Å². The van der Waals surface area contributed by atoms with E-state index < -0.39 is 46.5 Å². The maximum Gasteiger partial charge on any atom is 0.416 e. The standard InChI is InChI=1S/C17H12BrF3N2O5/c18-12-4-1-10(2-5-12)7-16(25)28-9-15(24)22-13-6-3-11(17(19,20)21)8-14(13)23(26)27/h1-6,8H,7,9H2,(H,22,24). The van der Waals surface area contributed by atoms with Gasteiger partial charge in [-0.3, -0.25) is 19.7 Å². The molecule has 7 nitrogen and oxygen atoms in total. The molecule has 1 N–H and O–H groups in total. The summed E-state index contributed by atoms with van der Waals surface area (Å²) in [7, 11) is 0. The topological polar surface area (TPSA) is 98.5 Å². The van der Waals surface area contributed by atoms with E-state index in [1.54, 1.807) is 24.3 Å². The van der Waals surface area contributed by atoms with Gasteiger partial charge in [0.2, 0.25) is 0 Å². The number of nitro groups is 1. The summed E-state index contributed by atoms with van der Waals surface area (Å²) in [5.74, 6) is -1.63. The molecule has 0 aliphatic heterocycles. The first kappa shape index (κ1) is 21.4. The zero-order valence-electron chi connectivity index (χ0n) is 14.0. The van der Waals surface area contributed by atoms with Crippen molar-refractivity contribution in [3.05, 3.63) is 68.2 Å². The number of hydrogen-bond acceptors (Lipinski definition) is 5. The van der Waals surface area contributed by atoms with Crippen LogP contribution in [0.5, 0.6) is 0 Å². The molecule has 0 saturated heterocycles. The summed E-state index contributed by atoms with van der Waals surface area (Å²) in [6.07, 6.45) is -4.86. The van der Waals surface area contributed by atoms with Gasteiger partial charge in [0.25, 0.3) is 11.6 Å². The van der Waals surface area contributed by atoms with Crippen LogP contribution in [0.25, 0.3) is 0 Å². The molecule has 11 heteroatoms. The Morgan fingerprint density at radius 3 is 2.36 bits per heavy atom. The lowest BCUT2D eigenvalue weighted by atomic mass is 10.1. The Hall–Kier alpha value is -2.95. The SMILES string of the molecule is O=C(COC(=O)Cc1ccc(Br)cc1)Nc1ccc(C(F)(F)F)cc1[N+](=O)[O-]. The third-order valence-electron chi connectivity index (χ3n) is 3.42. The van der Waals surface area contributed by atoms with Crippen LogP contribution >= 0.6 is 15.9 Å². The molecule has 0 unspecified atom stereocenters. The maximum atomic E-state index is 12.7. The number of carbonyl (C=O) groups excluding carboxylic acids is 2. The number of rotatable bonds is 6. The molecule has 0 aliphatic carbocycles. The van der Waals surface area contributed by atoms with Crippen LogP contribution in [0.3, 0.4) is 0 Å². The first-order valence-corrected chi connectivity index (χ1v) is 8.41. The first-order chi connectivity index (χ1) is 13.1. The predicted octanol–water partition coefficient (Wildman–Crippen LogP) is 4.10. The second-order valence-electron chi connectivity index (χ2n) is 5.50. The lowest BCUT2D eigenvalue weighted by Crippen LogP contribution is -2.22. The van der Waals surface area contributed by atoms with E-state index in [-0.39, 0.29) is 6.42 Å². The quantitative estimate of drug-likeness (QED) is 0.397. The summed E-state index contributed by atoms with van der Waals surface area (Å²) >= 11 is 3.24. The van der Waals surface area contributed by atoms with Gasteiger partial charge < -0.3 is 10.1 Å². The molecule has 2 aromatic rings. The molecular formula is C17H12BrF3N2O5. The third kappa shape index (κ3) is 6.05. The molecular weight excluding hydrogens is 449 g/mol. The fourth-order valence-electron chi connectivity index (χ4n) is 2.12. The molecule has 0 heterocycles. The van der Waals surface area contributed by atoms with E-state index in [1.165, 1.54) is 0 Å². The Morgan fingerprint density at radius 1 is 1.14 bits per heavy atom. The van der Waals surface area contributed by atoms with E-state index in [0.29, 0.717) is 17.7 Å². The van der Waals surface area contributed by atoms with Crippen molar-refractivity contribution in [3.8, 4) is 0 Å². The molecule has 1 amide bonds. The lowest BCUT2D eigenvalue weighted by Gasteiger charge is -2.10. The van der Waals surface area contributed by atoms with Crippen LogP contribution in [0.1, 0.15) is 11.1 Å².